The van der Waals surface area contributed by atoms with E-state index in [9.17, 15) is 14.4 Å². The number of nitrogens with zero attached hydrogens (tertiary/aromatic N) is 1. The fraction of sp³-hybridized carbons (Fsp3) is 0.167. The molecule has 4 heterocycles. The van der Waals surface area contributed by atoms with Gasteiger partial charge in [-0.15, -0.1) is 11.3 Å². The van der Waals surface area contributed by atoms with Crippen LogP contribution in [0.3, 0.4) is 0 Å². The van der Waals surface area contributed by atoms with Gasteiger partial charge in [0, 0.05) is 63.7 Å². The van der Waals surface area contributed by atoms with Gasteiger partial charge in [0.25, 0.3) is 11.8 Å². The van der Waals surface area contributed by atoms with E-state index in [0.717, 1.165) is 49.9 Å². The number of nitrogens with one attached hydrogen (secondary N) is 3. The zero-order valence-electron chi connectivity index (χ0n) is 20.4. The van der Waals surface area contributed by atoms with Crippen molar-refractivity contribution >= 4 is 56.4 Å². The van der Waals surface area contributed by atoms with Crippen LogP contribution in [-0.4, -0.2) is 39.0 Å². The Morgan fingerprint density at radius 3 is 2.82 bits per heavy atom. The normalized spacial score (nSPS) is 21.3. The Morgan fingerprint density at radius 2 is 1.92 bits per heavy atom. The first-order chi connectivity index (χ1) is 18.4. The van der Waals surface area contributed by atoms with Gasteiger partial charge in [0.05, 0.1) is 10.6 Å². The number of allylic oxidation sites excluding steroid dienone is 2. The van der Waals surface area contributed by atoms with Gasteiger partial charge in [0.15, 0.2) is 5.78 Å². The number of aromatic amines is 2. The second-order valence-electron chi connectivity index (χ2n) is 10.5. The molecule has 0 bridgehead atoms. The number of carbonyl (C=O) groups excluding carboxylic acids is 3. The van der Waals surface area contributed by atoms with Crippen molar-refractivity contribution in [3.63, 3.8) is 0 Å². The number of ketones is 1. The molecule has 1 aliphatic heterocycles. The number of aromatic nitrogens is 2. The lowest BCUT2D eigenvalue weighted by Gasteiger charge is -2.28. The number of hydrogen-bond donors (Lipinski definition) is 3. The fourth-order valence-corrected chi connectivity index (χ4v) is 7.58. The standard InChI is InChI=1S/C30H22N4O3S/c1-15-14-38-27-24(35)10-25-30(26(15)27)11-19(30)13-34(25)29(37)18-4-5-20-22(9-18)32-12-23(20)33-28(36)17-3-2-16-6-7-31-21(16)8-17/h2-10,12,14,19,31-32H,11,13H2,1H3,(H,33,36). The zero-order valence-corrected chi connectivity index (χ0v) is 21.2. The van der Waals surface area contributed by atoms with E-state index in [1.165, 1.54) is 11.3 Å². The Balaban J connectivity index is 1.08. The van der Waals surface area contributed by atoms with Crippen molar-refractivity contribution in [3.8, 4) is 0 Å². The van der Waals surface area contributed by atoms with E-state index in [2.05, 4.69) is 27.6 Å². The number of rotatable bonds is 3. The predicted octanol–water partition coefficient (Wildman–Crippen LogP) is 5.77. The number of likely N-dealkylation sites (tertiary alicyclic amines) is 1. The zero-order chi connectivity index (χ0) is 25.8. The number of aryl methyl sites for hydroxylation is 1. The average Bonchev–Trinajstić information content (AvgIpc) is 3.39. The van der Waals surface area contributed by atoms with Gasteiger partial charge in [0.2, 0.25) is 0 Å². The summed E-state index contributed by atoms with van der Waals surface area (Å²) in [5.74, 6) is 0.0493. The molecule has 2 aromatic carbocycles. The predicted molar refractivity (Wildman–Crippen MR) is 147 cm³/mol. The summed E-state index contributed by atoms with van der Waals surface area (Å²) in [6, 6.07) is 13.0. The molecule has 3 aliphatic rings. The smallest absolute Gasteiger partial charge is 0.258 e. The maximum atomic E-state index is 13.7. The minimum atomic E-state index is -0.207. The quantitative estimate of drug-likeness (QED) is 0.283. The Hall–Kier alpha value is -4.43. The molecule has 38 heavy (non-hydrogen) atoms. The summed E-state index contributed by atoms with van der Waals surface area (Å²) < 4.78 is 0. The van der Waals surface area contributed by atoms with Gasteiger partial charge in [-0.05, 0) is 77.6 Å². The molecule has 2 atom stereocenters. The van der Waals surface area contributed by atoms with Crippen molar-refractivity contribution in [2.75, 3.05) is 11.9 Å². The van der Waals surface area contributed by atoms with E-state index in [-0.39, 0.29) is 23.0 Å². The molecule has 2 unspecified atom stereocenters. The lowest BCUT2D eigenvalue weighted by molar-refractivity contribution is 0.0811. The Bertz CT molecular complexity index is 1910. The highest BCUT2D eigenvalue weighted by Crippen LogP contribution is 2.68. The lowest BCUT2D eigenvalue weighted by Crippen LogP contribution is -2.33. The van der Waals surface area contributed by atoms with Crippen LogP contribution >= 0.6 is 11.3 Å². The minimum absolute atomic E-state index is 0.000284. The summed E-state index contributed by atoms with van der Waals surface area (Å²) in [7, 11) is 0. The average molecular weight is 519 g/mol. The molecule has 0 radical (unpaired) electrons. The summed E-state index contributed by atoms with van der Waals surface area (Å²) in [6.07, 6.45) is 6.27. The van der Waals surface area contributed by atoms with Gasteiger partial charge in [-0.2, -0.15) is 0 Å². The second-order valence-corrected chi connectivity index (χ2v) is 11.4. The van der Waals surface area contributed by atoms with Crippen molar-refractivity contribution < 1.29 is 14.4 Å². The van der Waals surface area contributed by atoms with Crippen LogP contribution in [0.15, 0.2) is 72.0 Å². The van der Waals surface area contributed by atoms with Gasteiger partial charge >= 0.3 is 0 Å². The van der Waals surface area contributed by atoms with E-state index < -0.39 is 0 Å². The largest absolute Gasteiger partial charge is 0.361 e. The number of benzene rings is 2. The number of H-pyrrole nitrogens is 2. The van der Waals surface area contributed by atoms with E-state index in [4.69, 9.17) is 0 Å². The van der Waals surface area contributed by atoms with Gasteiger partial charge in [-0.25, -0.2) is 0 Å². The van der Waals surface area contributed by atoms with Crippen LogP contribution in [0.5, 0.6) is 0 Å². The summed E-state index contributed by atoms with van der Waals surface area (Å²) >= 11 is 1.51. The maximum absolute atomic E-state index is 13.7. The molecule has 3 N–H and O–H groups in total. The molecule has 1 saturated heterocycles. The minimum Gasteiger partial charge on any atom is -0.361 e. The van der Waals surface area contributed by atoms with Gasteiger partial charge in [0.1, 0.15) is 0 Å². The highest BCUT2D eigenvalue weighted by atomic mass is 32.1. The van der Waals surface area contributed by atoms with E-state index in [1.54, 1.807) is 29.3 Å². The first-order valence-electron chi connectivity index (χ1n) is 12.6. The molecule has 2 amide bonds. The molecular weight excluding hydrogens is 496 g/mol. The number of carbonyl (C=O) groups is 3. The molecule has 1 spiro atoms. The first kappa shape index (κ1) is 21.6. The molecule has 3 aromatic heterocycles. The maximum Gasteiger partial charge on any atom is 0.258 e. The van der Waals surface area contributed by atoms with Crippen LogP contribution in [0.1, 0.15) is 47.9 Å². The van der Waals surface area contributed by atoms with Crippen molar-refractivity contribution in [2.24, 2.45) is 5.92 Å². The monoisotopic (exact) mass is 518 g/mol. The summed E-state index contributed by atoms with van der Waals surface area (Å²) in [5.41, 5.74) is 6.38. The van der Waals surface area contributed by atoms with Crippen molar-refractivity contribution in [1.82, 2.24) is 14.9 Å². The molecule has 8 heteroatoms. The van der Waals surface area contributed by atoms with Crippen molar-refractivity contribution in [1.29, 1.82) is 0 Å². The van der Waals surface area contributed by atoms with Crippen molar-refractivity contribution in [3.05, 3.63) is 99.1 Å². The van der Waals surface area contributed by atoms with Crippen LogP contribution in [0.4, 0.5) is 5.69 Å². The SMILES string of the molecule is Cc1csc2c1C13CC1CN(C(=O)c1ccc4c(NC(=O)c5ccc6cc[nH]c6c5)c[nH]c4c1)C3=CC2=O. The van der Waals surface area contributed by atoms with E-state index in [0.29, 0.717) is 29.3 Å². The van der Waals surface area contributed by atoms with Crippen LogP contribution in [0.25, 0.3) is 21.8 Å². The molecule has 7 nitrogen and oxygen atoms in total. The Labute approximate surface area is 221 Å². The third kappa shape index (κ3) is 2.80. The van der Waals surface area contributed by atoms with E-state index in [1.807, 2.05) is 36.5 Å². The number of amides is 2. The van der Waals surface area contributed by atoms with E-state index >= 15 is 0 Å². The molecule has 186 valence electrons. The number of hydrogen-bond acceptors (Lipinski definition) is 4. The fourth-order valence-electron chi connectivity index (χ4n) is 6.53. The molecule has 2 fully saturated rings. The molecule has 2 aliphatic carbocycles. The summed E-state index contributed by atoms with van der Waals surface area (Å²) in [5, 5.41) is 6.91. The molecular formula is C30H22N4O3S. The van der Waals surface area contributed by atoms with Crippen LogP contribution in [0, 0.1) is 12.8 Å². The Morgan fingerprint density at radius 1 is 1.08 bits per heavy atom. The molecule has 8 rings (SSSR count). The first-order valence-corrected chi connectivity index (χ1v) is 13.5. The van der Waals surface area contributed by atoms with Gasteiger partial charge < -0.3 is 20.2 Å². The topological polar surface area (TPSA) is 98.1 Å². The van der Waals surface area contributed by atoms with Crippen LogP contribution in [-0.2, 0) is 5.41 Å². The highest BCUT2D eigenvalue weighted by molar-refractivity contribution is 7.12. The molecule has 5 aromatic rings. The third-order valence-electron chi connectivity index (χ3n) is 8.41. The van der Waals surface area contributed by atoms with Crippen molar-refractivity contribution in [2.45, 2.75) is 18.8 Å². The number of anilines is 1. The number of piperidine rings is 1. The highest BCUT2D eigenvalue weighted by Gasteiger charge is 2.68. The lowest BCUT2D eigenvalue weighted by atomic mass is 9.84. The van der Waals surface area contributed by atoms with Crippen LogP contribution in [0.2, 0.25) is 0 Å². The molecule has 1 saturated carbocycles. The number of fused-ring (bicyclic) bond motifs is 3. The summed E-state index contributed by atoms with van der Waals surface area (Å²) in [6.45, 7) is 2.69. The summed E-state index contributed by atoms with van der Waals surface area (Å²) in [4.78, 5) is 48.5. The van der Waals surface area contributed by atoms with Gasteiger partial charge in [-0.1, -0.05) is 6.07 Å². The van der Waals surface area contributed by atoms with Gasteiger partial charge in [-0.3, -0.25) is 14.4 Å². The Kier molecular flexibility index (Phi) is 4.17. The second kappa shape index (κ2) is 7.33. The van der Waals surface area contributed by atoms with Crippen LogP contribution < -0.4 is 5.32 Å². The third-order valence-corrected chi connectivity index (χ3v) is 9.52. The number of thiophene rings is 1.